The molecule has 1 aromatic heterocycles. The summed E-state index contributed by atoms with van der Waals surface area (Å²) in [4.78, 5) is 15.8. The molecule has 5 heteroatoms. The molecule has 0 aliphatic carbocycles. The quantitative estimate of drug-likeness (QED) is 0.310. The first kappa shape index (κ1) is 19.5. The van der Waals surface area contributed by atoms with Crippen LogP contribution in [0.1, 0.15) is 32.3 Å². The number of nitrogens with one attached hydrogen (secondary N) is 3. The van der Waals surface area contributed by atoms with E-state index in [1.807, 2.05) is 42.5 Å². The molecule has 0 aliphatic rings. The number of hydrogen-bond donors (Lipinski definition) is 3. The molecule has 3 N–H and O–H groups in total. The predicted molar refractivity (Wildman–Crippen MR) is 116 cm³/mol. The first-order chi connectivity index (χ1) is 13.6. The number of para-hydroxylation sites is 1. The van der Waals surface area contributed by atoms with Crippen LogP contribution in [0.3, 0.4) is 0 Å². The van der Waals surface area contributed by atoms with Crippen molar-refractivity contribution in [1.29, 1.82) is 5.41 Å². The number of carbonyl (C=O) groups is 1. The van der Waals surface area contributed by atoms with E-state index in [9.17, 15) is 4.79 Å². The maximum Gasteiger partial charge on any atom is 0.213 e. The van der Waals surface area contributed by atoms with E-state index >= 15 is 0 Å². The zero-order valence-electron chi connectivity index (χ0n) is 16.3. The Morgan fingerprint density at radius 3 is 2.57 bits per heavy atom. The first-order valence-corrected chi connectivity index (χ1v) is 9.66. The molecule has 1 heterocycles. The highest BCUT2D eigenvalue weighted by Gasteiger charge is 2.19. The lowest BCUT2D eigenvalue weighted by Gasteiger charge is -2.21. The zero-order valence-corrected chi connectivity index (χ0v) is 16.3. The second-order valence-corrected chi connectivity index (χ2v) is 7.06. The molecule has 3 aromatic rings. The van der Waals surface area contributed by atoms with Gasteiger partial charge in [0, 0.05) is 16.5 Å². The Labute approximate surface area is 165 Å². The highest BCUT2D eigenvalue weighted by atomic mass is 16.1. The first-order valence-electron chi connectivity index (χ1n) is 9.66. The van der Waals surface area contributed by atoms with E-state index in [0.29, 0.717) is 12.3 Å². The Morgan fingerprint density at radius 2 is 1.86 bits per heavy atom. The van der Waals surface area contributed by atoms with Gasteiger partial charge in [-0.15, -0.1) is 0 Å². The van der Waals surface area contributed by atoms with Gasteiger partial charge < -0.3 is 5.32 Å². The summed E-state index contributed by atoms with van der Waals surface area (Å²) in [6.45, 7) is 4.43. The van der Waals surface area contributed by atoms with Gasteiger partial charge in [-0.1, -0.05) is 75.2 Å². The summed E-state index contributed by atoms with van der Waals surface area (Å²) in [5.74, 6) is 0.430. The summed E-state index contributed by atoms with van der Waals surface area (Å²) in [7, 11) is 0. The zero-order chi connectivity index (χ0) is 19.9. The van der Waals surface area contributed by atoms with Crippen LogP contribution in [0.2, 0.25) is 0 Å². The highest BCUT2D eigenvalue weighted by molar-refractivity contribution is 6.06. The predicted octanol–water partition coefficient (Wildman–Crippen LogP) is 4.97. The molecular weight excluding hydrogens is 348 g/mol. The normalized spacial score (nSPS) is 11.8. The average molecular weight is 374 g/mol. The molecule has 0 radical (unpaired) electrons. The standard InChI is InChI=1S/C23H26N4O/c1-3-9-16(2)14-19-21(17-10-5-4-6-11-17)26-20-13-8-7-12-18(20)22(19)27-23(24)25-15-28/h4-8,10-13,15-16H,3,9,14H2,1-2H3,(H3,24,25,26,27,28). The molecule has 2 aromatic carbocycles. The number of nitrogens with zero attached hydrogens (tertiary/aromatic N) is 1. The maximum absolute atomic E-state index is 10.8. The molecule has 0 saturated heterocycles. The van der Waals surface area contributed by atoms with Crippen molar-refractivity contribution >= 4 is 29.0 Å². The van der Waals surface area contributed by atoms with Crippen LogP contribution in [0, 0.1) is 11.3 Å². The van der Waals surface area contributed by atoms with Gasteiger partial charge in [0.05, 0.1) is 16.9 Å². The van der Waals surface area contributed by atoms with Crippen LogP contribution < -0.4 is 10.6 Å². The Balaban J connectivity index is 2.24. The number of fused-ring (bicyclic) bond motifs is 1. The lowest BCUT2D eigenvalue weighted by atomic mass is 9.91. The molecule has 0 bridgehead atoms. The molecule has 1 unspecified atom stereocenters. The lowest BCUT2D eigenvalue weighted by Crippen LogP contribution is -2.29. The molecule has 3 rings (SSSR count). The van der Waals surface area contributed by atoms with Gasteiger partial charge in [-0.2, -0.15) is 0 Å². The monoisotopic (exact) mass is 374 g/mol. The van der Waals surface area contributed by atoms with Crippen molar-refractivity contribution in [2.75, 3.05) is 5.32 Å². The van der Waals surface area contributed by atoms with Gasteiger partial charge in [0.15, 0.2) is 5.96 Å². The number of carbonyl (C=O) groups excluding carboxylic acids is 1. The van der Waals surface area contributed by atoms with Crippen molar-refractivity contribution < 1.29 is 4.79 Å². The second-order valence-electron chi connectivity index (χ2n) is 7.06. The molecule has 1 amide bonds. The molecule has 0 saturated carbocycles. The summed E-state index contributed by atoms with van der Waals surface area (Å²) in [5.41, 5.74) is 4.73. The van der Waals surface area contributed by atoms with Crippen LogP contribution in [-0.2, 0) is 11.2 Å². The number of benzene rings is 2. The molecule has 5 nitrogen and oxygen atoms in total. The molecule has 0 fully saturated rings. The molecule has 1 atom stereocenters. The number of anilines is 1. The SMILES string of the molecule is CCCC(C)Cc1c(-c2ccccc2)nc2ccccc2c1NC(=N)NC=O. The fraction of sp³-hybridized carbons (Fsp3) is 0.261. The summed E-state index contributed by atoms with van der Waals surface area (Å²) < 4.78 is 0. The molecular formula is C23H26N4O. The van der Waals surface area contributed by atoms with Crippen molar-refractivity contribution in [2.45, 2.75) is 33.1 Å². The fourth-order valence-corrected chi connectivity index (χ4v) is 3.59. The van der Waals surface area contributed by atoms with E-state index in [2.05, 4.69) is 36.6 Å². The second kappa shape index (κ2) is 9.13. The number of amides is 1. The summed E-state index contributed by atoms with van der Waals surface area (Å²) >= 11 is 0. The Hall–Kier alpha value is -3.21. The van der Waals surface area contributed by atoms with Gasteiger partial charge in [-0.05, 0) is 18.4 Å². The molecule has 28 heavy (non-hydrogen) atoms. The fourth-order valence-electron chi connectivity index (χ4n) is 3.59. The van der Waals surface area contributed by atoms with Crippen LogP contribution in [0.15, 0.2) is 54.6 Å². The van der Waals surface area contributed by atoms with E-state index in [1.54, 1.807) is 0 Å². The van der Waals surface area contributed by atoms with E-state index in [0.717, 1.165) is 52.7 Å². The van der Waals surface area contributed by atoms with Gasteiger partial charge in [-0.3, -0.25) is 15.5 Å². The van der Waals surface area contributed by atoms with Crippen molar-refractivity contribution in [1.82, 2.24) is 10.3 Å². The summed E-state index contributed by atoms with van der Waals surface area (Å²) in [6, 6.07) is 18.0. The lowest BCUT2D eigenvalue weighted by molar-refractivity contribution is -0.108. The highest BCUT2D eigenvalue weighted by Crippen LogP contribution is 2.36. The van der Waals surface area contributed by atoms with Crippen LogP contribution in [0.4, 0.5) is 5.69 Å². The third kappa shape index (κ3) is 4.36. The molecule has 0 aliphatic heterocycles. The van der Waals surface area contributed by atoms with E-state index in [4.69, 9.17) is 10.4 Å². The largest absolute Gasteiger partial charge is 0.325 e. The minimum atomic E-state index is -0.0465. The van der Waals surface area contributed by atoms with E-state index in [-0.39, 0.29) is 5.96 Å². The summed E-state index contributed by atoms with van der Waals surface area (Å²) in [6.07, 6.45) is 3.58. The van der Waals surface area contributed by atoms with E-state index in [1.165, 1.54) is 0 Å². The number of pyridine rings is 1. The smallest absolute Gasteiger partial charge is 0.213 e. The number of rotatable bonds is 7. The third-order valence-electron chi connectivity index (χ3n) is 4.83. The molecule has 0 spiro atoms. The summed E-state index contributed by atoms with van der Waals surface area (Å²) in [5, 5.41) is 14.5. The number of hydrogen-bond acceptors (Lipinski definition) is 3. The van der Waals surface area contributed by atoms with Crippen molar-refractivity contribution in [3.8, 4) is 11.3 Å². The maximum atomic E-state index is 10.8. The van der Waals surface area contributed by atoms with Gasteiger partial charge >= 0.3 is 0 Å². The van der Waals surface area contributed by atoms with Crippen molar-refractivity contribution in [3.63, 3.8) is 0 Å². The van der Waals surface area contributed by atoms with Gasteiger partial charge in [-0.25, -0.2) is 4.98 Å². The van der Waals surface area contributed by atoms with Gasteiger partial charge in [0.25, 0.3) is 0 Å². The number of aromatic nitrogens is 1. The third-order valence-corrected chi connectivity index (χ3v) is 4.83. The van der Waals surface area contributed by atoms with Crippen LogP contribution in [0.5, 0.6) is 0 Å². The van der Waals surface area contributed by atoms with Crippen molar-refractivity contribution in [2.24, 2.45) is 5.92 Å². The average Bonchev–Trinajstić information content (AvgIpc) is 2.70. The minimum Gasteiger partial charge on any atom is -0.325 e. The Morgan fingerprint density at radius 1 is 1.14 bits per heavy atom. The van der Waals surface area contributed by atoms with Crippen LogP contribution in [0.25, 0.3) is 22.2 Å². The Bertz CT molecular complexity index is 969. The van der Waals surface area contributed by atoms with Gasteiger partial charge in [0.1, 0.15) is 0 Å². The minimum absolute atomic E-state index is 0.0465. The topological polar surface area (TPSA) is 77.9 Å². The van der Waals surface area contributed by atoms with Crippen LogP contribution >= 0.6 is 0 Å². The van der Waals surface area contributed by atoms with E-state index < -0.39 is 0 Å². The van der Waals surface area contributed by atoms with Crippen molar-refractivity contribution in [3.05, 3.63) is 60.2 Å². The number of guanidine groups is 1. The molecule has 144 valence electrons. The Kier molecular flexibility index (Phi) is 6.37. The van der Waals surface area contributed by atoms with Gasteiger partial charge in [0.2, 0.25) is 6.41 Å². The van der Waals surface area contributed by atoms with Crippen LogP contribution in [-0.4, -0.2) is 17.4 Å².